The molecule has 1 aliphatic heterocycles. The molecule has 0 radical (unpaired) electrons. The van der Waals surface area contributed by atoms with Crippen LogP contribution >= 0.6 is 0 Å². The van der Waals surface area contributed by atoms with Crippen molar-refractivity contribution in [1.82, 2.24) is 10.3 Å². The van der Waals surface area contributed by atoms with Crippen molar-refractivity contribution in [2.75, 3.05) is 13.1 Å². The van der Waals surface area contributed by atoms with Gasteiger partial charge in [0.25, 0.3) is 0 Å². The van der Waals surface area contributed by atoms with Gasteiger partial charge in [-0.05, 0) is 51.1 Å². The van der Waals surface area contributed by atoms with Crippen LogP contribution in [0.2, 0.25) is 0 Å². The van der Waals surface area contributed by atoms with E-state index in [0.29, 0.717) is 23.1 Å². The minimum atomic E-state index is -4.43. The molecule has 0 aliphatic carbocycles. The average Bonchev–Trinajstić information content (AvgIpc) is 3.07. The van der Waals surface area contributed by atoms with Gasteiger partial charge < -0.3 is 14.5 Å². The Bertz CT molecular complexity index is 975. The van der Waals surface area contributed by atoms with Crippen molar-refractivity contribution in [3.8, 4) is 5.88 Å². The summed E-state index contributed by atoms with van der Waals surface area (Å²) in [5.74, 6) is 1.29. The molecule has 1 saturated heterocycles. The fourth-order valence-corrected chi connectivity index (χ4v) is 3.67. The SMILES string of the molecule is Cc1cc2c(C(F)(F)F)ccc(COc3cccc(C4CCNCC4)n3)c2o1. The number of pyridine rings is 1. The standard InChI is InChI=1S/C21H21F3N2O2/c1-13-11-16-17(21(22,23)24)6-5-15(20(16)28-13)12-27-19-4-2-3-18(26-19)14-7-9-25-10-8-14/h2-6,11,14,25H,7-10,12H2,1H3. The summed E-state index contributed by atoms with van der Waals surface area (Å²) in [6.07, 6.45) is -2.37. The molecular weight excluding hydrogens is 369 g/mol. The van der Waals surface area contributed by atoms with E-state index < -0.39 is 11.7 Å². The lowest BCUT2D eigenvalue weighted by Gasteiger charge is -2.22. The van der Waals surface area contributed by atoms with Gasteiger partial charge in [0, 0.05) is 28.6 Å². The molecule has 1 N–H and O–H groups in total. The molecule has 1 aliphatic rings. The fourth-order valence-electron chi connectivity index (χ4n) is 3.67. The van der Waals surface area contributed by atoms with Crippen LogP contribution in [0, 0.1) is 6.92 Å². The molecule has 7 heteroatoms. The molecule has 3 heterocycles. The molecule has 3 aromatic rings. The Morgan fingerprint density at radius 3 is 2.71 bits per heavy atom. The second kappa shape index (κ2) is 7.47. The van der Waals surface area contributed by atoms with Gasteiger partial charge in [0.2, 0.25) is 5.88 Å². The van der Waals surface area contributed by atoms with Crippen LogP contribution in [-0.2, 0) is 12.8 Å². The highest BCUT2D eigenvalue weighted by Crippen LogP contribution is 2.37. The second-order valence-corrected chi connectivity index (χ2v) is 7.08. The quantitative estimate of drug-likeness (QED) is 0.665. The number of hydrogen-bond donors (Lipinski definition) is 1. The van der Waals surface area contributed by atoms with Crippen molar-refractivity contribution in [3.05, 3.63) is 59.0 Å². The molecule has 2 aromatic heterocycles. The Morgan fingerprint density at radius 1 is 1.18 bits per heavy atom. The number of aryl methyl sites for hydroxylation is 1. The van der Waals surface area contributed by atoms with Crippen LogP contribution in [-0.4, -0.2) is 18.1 Å². The van der Waals surface area contributed by atoms with E-state index >= 15 is 0 Å². The maximum Gasteiger partial charge on any atom is 0.417 e. The van der Waals surface area contributed by atoms with E-state index in [9.17, 15) is 13.2 Å². The molecule has 0 spiro atoms. The number of hydrogen-bond acceptors (Lipinski definition) is 4. The molecule has 0 amide bonds. The molecule has 148 valence electrons. The Balaban J connectivity index is 1.56. The number of nitrogens with one attached hydrogen (secondary N) is 1. The summed E-state index contributed by atoms with van der Waals surface area (Å²) in [4.78, 5) is 4.59. The number of ether oxygens (including phenoxy) is 1. The first-order chi connectivity index (χ1) is 13.4. The van der Waals surface area contributed by atoms with Crippen LogP contribution in [0.25, 0.3) is 11.0 Å². The first-order valence-corrected chi connectivity index (χ1v) is 9.31. The highest BCUT2D eigenvalue weighted by Gasteiger charge is 2.34. The number of furan rings is 1. The van der Waals surface area contributed by atoms with Gasteiger partial charge in [-0.1, -0.05) is 12.1 Å². The van der Waals surface area contributed by atoms with Gasteiger partial charge in [0.1, 0.15) is 18.0 Å². The van der Waals surface area contributed by atoms with E-state index in [1.807, 2.05) is 12.1 Å². The van der Waals surface area contributed by atoms with Crippen LogP contribution in [0.5, 0.6) is 5.88 Å². The predicted molar refractivity (Wildman–Crippen MR) is 99.4 cm³/mol. The van der Waals surface area contributed by atoms with Crippen LogP contribution in [0.15, 0.2) is 40.8 Å². The number of halogens is 3. The van der Waals surface area contributed by atoms with Crippen molar-refractivity contribution in [3.63, 3.8) is 0 Å². The number of aromatic nitrogens is 1. The first-order valence-electron chi connectivity index (χ1n) is 9.31. The van der Waals surface area contributed by atoms with E-state index in [-0.39, 0.29) is 17.6 Å². The molecule has 0 unspecified atom stereocenters. The topological polar surface area (TPSA) is 47.3 Å². The lowest BCUT2D eigenvalue weighted by Crippen LogP contribution is -2.27. The van der Waals surface area contributed by atoms with Gasteiger partial charge in [0.05, 0.1) is 5.56 Å². The minimum absolute atomic E-state index is 0.0579. The molecule has 28 heavy (non-hydrogen) atoms. The smallest absolute Gasteiger partial charge is 0.417 e. The van der Waals surface area contributed by atoms with E-state index in [4.69, 9.17) is 9.15 Å². The van der Waals surface area contributed by atoms with Crippen molar-refractivity contribution in [1.29, 1.82) is 0 Å². The predicted octanol–water partition coefficient (Wildman–Crippen LogP) is 5.20. The van der Waals surface area contributed by atoms with Gasteiger partial charge in [-0.2, -0.15) is 13.2 Å². The van der Waals surface area contributed by atoms with Crippen LogP contribution in [0.3, 0.4) is 0 Å². The summed E-state index contributed by atoms with van der Waals surface area (Å²) in [5, 5.41) is 3.39. The van der Waals surface area contributed by atoms with Crippen molar-refractivity contribution in [2.45, 2.75) is 38.5 Å². The Labute approximate surface area is 160 Å². The number of nitrogens with zero attached hydrogens (tertiary/aromatic N) is 1. The average molecular weight is 390 g/mol. The molecule has 4 rings (SSSR count). The third-order valence-electron chi connectivity index (χ3n) is 5.07. The Kier molecular flexibility index (Phi) is 5.02. The van der Waals surface area contributed by atoms with Gasteiger partial charge >= 0.3 is 6.18 Å². The van der Waals surface area contributed by atoms with Crippen LogP contribution < -0.4 is 10.1 Å². The van der Waals surface area contributed by atoms with Crippen LogP contribution in [0.1, 0.15) is 41.3 Å². The van der Waals surface area contributed by atoms with E-state index in [1.165, 1.54) is 12.1 Å². The zero-order valence-electron chi connectivity index (χ0n) is 15.5. The molecule has 0 atom stereocenters. The lowest BCUT2D eigenvalue weighted by molar-refractivity contribution is -0.136. The van der Waals surface area contributed by atoms with E-state index in [1.54, 1.807) is 13.0 Å². The van der Waals surface area contributed by atoms with Crippen LogP contribution in [0.4, 0.5) is 13.2 Å². The van der Waals surface area contributed by atoms with Crippen molar-refractivity contribution in [2.24, 2.45) is 0 Å². The van der Waals surface area contributed by atoms with Crippen molar-refractivity contribution < 1.29 is 22.3 Å². The third-order valence-corrected chi connectivity index (χ3v) is 5.07. The fraction of sp³-hybridized carbons (Fsp3) is 0.381. The first kappa shape index (κ1) is 18.8. The highest BCUT2D eigenvalue weighted by molar-refractivity contribution is 5.85. The molecule has 0 bridgehead atoms. The van der Waals surface area contributed by atoms with Crippen molar-refractivity contribution >= 4 is 11.0 Å². The second-order valence-electron chi connectivity index (χ2n) is 7.08. The maximum absolute atomic E-state index is 13.2. The molecule has 1 aromatic carbocycles. The number of alkyl halides is 3. The molecule has 1 fully saturated rings. The largest absolute Gasteiger partial charge is 0.473 e. The summed E-state index contributed by atoms with van der Waals surface area (Å²) in [6, 6.07) is 9.56. The molecular formula is C21H21F3N2O2. The molecule has 4 nitrogen and oxygen atoms in total. The van der Waals surface area contributed by atoms with E-state index in [2.05, 4.69) is 10.3 Å². The number of benzene rings is 1. The zero-order chi connectivity index (χ0) is 19.7. The summed E-state index contributed by atoms with van der Waals surface area (Å²) >= 11 is 0. The highest BCUT2D eigenvalue weighted by atomic mass is 19.4. The normalized spacial score (nSPS) is 15.9. The maximum atomic E-state index is 13.2. The third kappa shape index (κ3) is 3.85. The minimum Gasteiger partial charge on any atom is -0.473 e. The number of piperidine rings is 1. The Morgan fingerprint density at radius 2 is 1.96 bits per heavy atom. The zero-order valence-corrected chi connectivity index (χ0v) is 15.5. The van der Waals surface area contributed by atoms with Gasteiger partial charge in [-0.25, -0.2) is 4.98 Å². The summed E-state index contributed by atoms with van der Waals surface area (Å²) < 4.78 is 51.1. The molecule has 0 saturated carbocycles. The van der Waals surface area contributed by atoms with E-state index in [0.717, 1.165) is 37.7 Å². The monoisotopic (exact) mass is 390 g/mol. The lowest BCUT2D eigenvalue weighted by atomic mass is 9.94. The Hall–Kier alpha value is -2.54. The van der Waals surface area contributed by atoms with Gasteiger partial charge in [-0.15, -0.1) is 0 Å². The number of rotatable bonds is 4. The summed E-state index contributed by atoms with van der Waals surface area (Å²) in [6.45, 7) is 3.66. The van der Waals surface area contributed by atoms with Gasteiger partial charge in [0.15, 0.2) is 0 Å². The number of fused-ring (bicyclic) bond motifs is 1. The van der Waals surface area contributed by atoms with Gasteiger partial charge in [-0.3, -0.25) is 0 Å². The summed E-state index contributed by atoms with van der Waals surface area (Å²) in [5.41, 5.74) is 1.06. The summed E-state index contributed by atoms with van der Waals surface area (Å²) in [7, 11) is 0.